The molecule has 0 radical (unpaired) electrons. The fraction of sp³-hybridized carbons (Fsp3) is 0.125. The number of hydrogen-bond donors (Lipinski definition) is 1. The van der Waals surface area contributed by atoms with E-state index in [0.717, 1.165) is 0 Å². The maximum Gasteiger partial charge on any atom is 0.174 e. The van der Waals surface area contributed by atoms with Crippen molar-refractivity contribution in [3.8, 4) is 5.75 Å². The molecule has 0 saturated heterocycles. The third-order valence-electron chi connectivity index (χ3n) is 1.37. The molecule has 1 N–H and O–H groups in total. The summed E-state index contributed by atoms with van der Waals surface area (Å²) in [5.41, 5.74) is 0. The van der Waals surface area contributed by atoms with Crippen LogP contribution in [0.25, 0.3) is 0 Å². The molecule has 1 rings (SSSR count). The lowest BCUT2D eigenvalue weighted by Gasteiger charge is -2.12. The first kappa shape index (κ1) is 7.60. The summed E-state index contributed by atoms with van der Waals surface area (Å²) in [5, 5.41) is 9.26. The number of nitrogens with zero attached hydrogens (tertiary/aromatic N) is 2. The smallest absolute Gasteiger partial charge is 0.174 e. The number of anilines is 1. The summed E-state index contributed by atoms with van der Waals surface area (Å²) in [5.74, 6) is 0.678. The predicted molar refractivity (Wildman–Crippen MR) is 44.5 cm³/mol. The Morgan fingerprint density at radius 3 is 3.00 bits per heavy atom. The summed E-state index contributed by atoms with van der Waals surface area (Å²) < 4.78 is 0. The van der Waals surface area contributed by atoms with E-state index in [1.54, 1.807) is 36.5 Å². The molecule has 0 aromatic carbocycles. The van der Waals surface area contributed by atoms with Crippen LogP contribution in [0.5, 0.6) is 5.75 Å². The van der Waals surface area contributed by atoms with Crippen molar-refractivity contribution in [3.63, 3.8) is 0 Å². The SMILES string of the molecule is C=CN(C)c1ncccc1O. The Balaban J connectivity index is 3.02. The maximum absolute atomic E-state index is 9.26. The lowest BCUT2D eigenvalue weighted by atomic mass is 10.4. The second-order valence-corrected chi connectivity index (χ2v) is 2.14. The minimum absolute atomic E-state index is 0.162. The molecule has 0 amide bonds. The average molecular weight is 150 g/mol. The number of hydrogen-bond acceptors (Lipinski definition) is 3. The average Bonchev–Trinajstić information content (AvgIpc) is 2.04. The monoisotopic (exact) mass is 150 g/mol. The molecule has 0 aliphatic carbocycles. The van der Waals surface area contributed by atoms with Crippen molar-refractivity contribution in [2.75, 3.05) is 11.9 Å². The lowest BCUT2D eigenvalue weighted by molar-refractivity contribution is 0.473. The highest BCUT2D eigenvalue weighted by atomic mass is 16.3. The summed E-state index contributed by atoms with van der Waals surface area (Å²) in [6.07, 6.45) is 3.21. The second-order valence-electron chi connectivity index (χ2n) is 2.14. The molecule has 58 valence electrons. The van der Waals surface area contributed by atoms with Gasteiger partial charge in [-0.2, -0.15) is 0 Å². The first-order valence-corrected chi connectivity index (χ1v) is 3.25. The Labute approximate surface area is 65.6 Å². The van der Waals surface area contributed by atoms with E-state index in [2.05, 4.69) is 11.6 Å². The summed E-state index contributed by atoms with van der Waals surface area (Å²) in [7, 11) is 1.77. The topological polar surface area (TPSA) is 36.4 Å². The van der Waals surface area contributed by atoms with Crippen LogP contribution in [0.4, 0.5) is 5.82 Å². The van der Waals surface area contributed by atoms with Crippen molar-refractivity contribution in [2.45, 2.75) is 0 Å². The van der Waals surface area contributed by atoms with E-state index >= 15 is 0 Å². The quantitative estimate of drug-likeness (QED) is 0.691. The summed E-state index contributed by atoms with van der Waals surface area (Å²) in [6.45, 7) is 3.55. The van der Waals surface area contributed by atoms with E-state index < -0.39 is 0 Å². The molecular weight excluding hydrogens is 140 g/mol. The van der Waals surface area contributed by atoms with Crippen molar-refractivity contribution < 1.29 is 5.11 Å². The van der Waals surface area contributed by atoms with Gasteiger partial charge in [-0.25, -0.2) is 4.98 Å². The Kier molecular flexibility index (Phi) is 2.11. The van der Waals surface area contributed by atoms with Gasteiger partial charge >= 0.3 is 0 Å². The minimum atomic E-state index is 0.162. The van der Waals surface area contributed by atoms with Crippen LogP contribution in [0.1, 0.15) is 0 Å². The molecule has 0 atom stereocenters. The fourth-order valence-corrected chi connectivity index (χ4v) is 0.747. The van der Waals surface area contributed by atoms with Gasteiger partial charge < -0.3 is 10.0 Å². The third kappa shape index (κ3) is 1.49. The second kappa shape index (κ2) is 3.05. The van der Waals surface area contributed by atoms with Crippen molar-refractivity contribution in [1.82, 2.24) is 4.98 Å². The highest BCUT2D eigenvalue weighted by Gasteiger charge is 2.02. The first-order valence-electron chi connectivity index (χ1n) is 3.25. The van der Waals surface area contributed by atoms with Gasteiger partial charge in [-0.15, -0.1) is 0 Å². The van der Waals surface area contributed by atoms with Crippen LogP contribution in [0.2, 0.25) is 0 Å². The van der Waals surface area contributed by atoms with Gasteiger partial charge in [0.1, 0.15) is 0 Å². The van der Waals surface area contributed by atoms with E-state index in [-0.39, 0.29) is 5.75 Å². The number of pyridine rings is 1. The van der Waals surface area contributed by atoms with Crippen LogP contribution >= 0.6 is 0 Å². The molecule has 0 aliphatic rings. The van der Waals surface area contributed by atoms with Crippen molar-refractivity contribution in [3.05, 3.63) is 31.1 Å². The zero-order valence-corrected chi connectivity index (χ0v) is 6.36. The van der Waals surface area contributed by atoms with Crippen LogP contribution < -0.4 is 4.90 Å². The highest BCUT2D eigenvalue weighted by molar-refractivity contribution is 5.52. The molecule has 3 nitrogen and oxygen atoms in total. The van der Waals surface area contributed by atoms with Gasteiger partial charge in [-0.1, -0.05) is 6.58 Å². The van der Waals surface area contributed by atoms with E-state index in [1.165, 1.54) is 0 Å². The Bertz CT molecular complexity index is 260. The van der Waals surface area contributed by atoms with Crippen LogP contribution in [-0.4, -0.2) is 17.1 Å². The van der Waals surface area contributed by atoms with E-state index in [0.29, 0.717) is 5.82 Å². The third-order valence-corrected chi connectivity index (χ3v) is 1.37. The molecule has 0 spiro atoms. The van der Waals surface area contributed by atoms with Crippen LogP contribution in [0.3, 0.4) is 0 Å². The lowest BCUT2D eigenvalue weighted by Crippen LogP contribution is -2.08. The Morgan fingerprint density at radius 1 is 1.73 bits per heavy atom. The number of aromatic nitrogens is 1. The molecule has 1 heterocycles. The Hall–Kier alpha value is -1.51. The maximum atomic E-state index is 9.26. The van der Waals surface area contributed by atoms with Gasteiger partial charge in [0.2, 0.25) is 0 Å². The van der Waals surface area contributed by atoms with Gasteiger partial charge in [-0.3, -0.25) is 0 Å². The van der Waals surface area contributed by atoms with Crippen LogP contribution in [0, 0.1) is 0 Å². The molecule has 0 fully saturated rings. The van der Waals surface area contributed by atoms with E-state index in [1.807, 2.05) is 0 Å². The molecule has 1 aromatic rings. The van der Waals surface area contributed by atoms with Gasteiger partial charge in [0.25, 0.3) is 0 Å². The zero-order valence-electron chi connectivity index (χ0n) is 6.36. The predicted octanol–water partition coefficient (Wildman–Crippen LogP) is 1.37. The molecule has 0 aliphatic heterocycles. The molecule has 0 saturated carbocycles. The van der Waals surface area contributed by atoms with Crippen molar-refractivity contribution >= 4 is 5.82 Å². The Morgan fingerprint density at radius 2 is 2.45 bits per heavy atom. The normalized spacial score (nSPS) is 9.18. The minimum Gasteiger partial charge on any atom is -0.504 e. The van der Waals surface area contributed by atoms with Crippen LogP contribution in [0.15, 0.2) is 31.1 Å². The molecule has 0 bridgehead atoms. The summed E-state index contributed by atoms with van der Waals surface area (Å²) >= 11 is 0. The number of aromatic hydroxyl groups is 1. The van der Waals surface area contributed by atoms with Crippen LogP contribution in [-0.2, 0) is 0 Å². The molecule has 0 unspecified atom stereocenters. The van der Waals surface area contributed by atoms with E-state index in [9.17, 15) is 5.11 Å². The standard InChI is InChI=1S/C8H10N2O/c1-3-10(2)8-7(11)5-4-6-9-8/h3-6,11H,1H2,2H3. The molecule has 1 aromatic heterocycles. The largest absolute Gasteiger partial charge is 0.504 e. The van der Waals surface area contributed by atoms with Crippen molar-refractivity contribution in [2.24, 2.45) is 0 Å². The summed E-state index contributed by atoms with van der Waals surface area (Å²) in [6, 6.07) is 3.26. The van der Waals surface area contributed by atoms with Crippen molar-refractivity contribution in [1.29, 1.82) is 0 Å². The molecule has 11 heavy (non-hydrogen) atoms. The van der Waals surface area contributed by atoms with Gasteiger partial charge in [0.05, 0.1) is 0 Å². The van der Waals surface area contributed by atoms with Gasteiger partial charge in [0, 0.05) is 13.2 Å². The van der Waals surface area contributed by atoms with E-state index in [4.69, 9.17) is 0 Å². The first-order chi connectivity index (χ1) is 5.25. The molecule has 3 heteroatoms. The number of rotatable bonds is 2. The highest BCUT2D eigenvalue weighted by Crippen LogP contribution is 2.21. The van der Waals surface area contributed by atoms with Gasteiger partial charge in [0.15, 0.2) is 11.6 Å². The summed E-state index contributed by atoms with van der Waals surface area (Å²) in [4.78, 5) is 5.60. The fourth-order valence-electron chi connectivity index (χ4n) is 0.747. The zero-order chi connectivity index (χ0) is 8.27. The molecular formula is C8H10N2O. The van der Waals surface area contributed by atoms with Gasteiger partial charge in [-0.05, 0) is 18.3 Å².